The minimum atomic E-state index is -0.425. The molecule has 0 aliphatic carbocycles. The van der Waals surface area contributed by atoms with Gasteiger partial charge in [-0.1, -0.05) is 31.1 Å². The molecule has 2 aromatic heterocycles. The maximum atomic E-state index is 13.6. The highest BCUT2D eigenvalue weighted by atomic mass is 19.1. The Morgan fingerprint density at radius 2 is 2.13 bits per heavy atom. The smallest absolute Gasteiger partial charge is 0.259 e. The van der Waals surface area contributed by atoms with Gasteiger partial charge in [-0.2, -0.15) is 0 Å². The summed E-state index contributed by atoms with van der Waals surface area (Å²) >= 11 is 0. The van der Waals surface area contributed by atoms with Crippen molar-refractivity contribution < 1.29 is 18.4 Å². The molecule has 7 nitrogen and oxygen atoms in total. The van der Waals surface area contributed by atoms with Crippen LogP contribution in [0.15, 0.2) is 41.2 Å². The topological polar surface area (TPSA) is 81.4 Å². The predicted octanol–water partition coefficient (Wildman–Crippen LogP) is 3.92. The Morgan fingerprint density at radius 1 is 1.30 bits per heavy atom. The van der Waals surface area contributed by atoms with Crippen LogP contribution < -0.4 is 0 Å². The molecule has 3 heterocycles. The number of halogens is 1. The highest BCUT2D eigenvalue weighted by Gasteiger charge is 2.31. The lowest BCUT2D eigenvalue weighted by atomic mass is 10.0. The summed E-state index contributed by atoms with van der Waals surface area (Å²) in [6.07, 6.45) is 2.77. The summed E-state index contributed by atoms with van der Waals surface area (Å²) in [5, 5.41) is 4.05. The lowest BCUT2D eigenvalue weighted by molar-refractivity contribution is -0.0249. The lowest BCUT2D eigenvalue weighted by Crippen LogP contribution is -2.43. The first-order valence-electron chi connectivity index (χ1n) is 9.89. The van der Waals surface area contributed by atoms with Gasteiger partial charge in [0.25, 0.3) is 5.91 Å². The summed E-state index contributed by atoms with van der Waals surface area (Å²) in [5.41, 5.74) is 2.96. The van der Waals surface area contributed by atoms with Crippen LogP contribution in [-0.4, -0.2) is 45.6 Å². The molecule has 1 aromatic carbocycles. The number of morpholine rings is 1. The number of rotatable bonds is 4. The van der Waals surface area contributed by atoms with E-state index in [2.05, 4.69) is 15.1 Å². The first-order chi connectivity index (χ1) is 14.4. The van der Waals surface area contributed by atoms with Gasteiger partial charge in [0.15, 0.2) is 0 Å². The second-order valence-corrected chi connectivity index (χ2v) is 7.60. The second-order valence-electron chi connectivity index (χ2n) is 7.60. The van der Waals surface area contributed by atoms with Crippen LogP contribution in [0.1, 0.15) is 53.4 Å². The van der Waals surface area contributed by atoms with Gasteiger partial charge < -0.3 is 14.2 Å². The van der Waals surface area contributed by atoms with E-state index in [4.69, 9.17) is 9.26 Å². The van der Waals surface area contributed by atoms with Crippen molar-refractivity contribution in [2.75, 3.05) is 19.7 Å². The molecule has 30 heavy (non-hydrogen) atoms. The Kier molecular flexibility index (Phi) is 5.59. The van der Waals surface area contributed by atoms with Crippen molar-refractivity contribution in [2.24, 2.45) is 0 Å². The zero-order chi connectivity index (χ0) is 21.3. The SMILES string of the molecule is Cc1onc(C(C)C)c1C(=O)N1CCOC(c2cncc(-c3cccc(F)c3)n2)C1. The Morgan fingerprint density at radius 3 is 2.90 bits per heavy atom. The minimum Gasteiger partial charge on any atom is -0.368 e. The Hall–Kier alpha value is -3.13. The largest absolute Gasteiger partial charge is 0.368 e. The molecule has 156 valence electrons. The van der Waals surface area contributed by atoms with Crippen LogP contribution in [0, 0.1) is 12.7 Å². The van der Waals surface area contributed by atoms with E-state index in [0.717, 1.165) is 0 Å². The fourth-order valence-electron chi connectivity index (χ4n) is 3.54. The van der Waals surface area contributed by atoms with Gasteiger partial charge in [0, 0.05) is 12.1 Å². The van der Waals surface area contributed by atoms with Crippen molar-refractivity contribution in [1.29, 1.82) is 0 Å². The molecular formula is C22H23FN4O3. The van der Waals surface area contributed by atoms with E-state index in [1.54, 1.807) is 36.4 Å². The monoisotopic (exact) mass is 410 g/mol. The molecule has 8 heteroatoms. The fraction of sp³-hybridized carbons (Fsp3) is 0.364. The zero-order valence-corrected chi connectivity index (χ0v) is 17.1. The molecule has 4 rings (SSSR count). The zero-order valence-electron chi connectivity index (χ0n) is 17.1. The number of benzene rings is 1. The van der Waals surface area contributed by atoms with Gasteiger partial charge in [0.1, 0.15) is 23.2 Å². The number of nitrogens with zero attached hydrogens (tertiary/aromatic N) is 4. The van der Waals surface area contributed by atoms with Crippen LogP contribution in [0.5, 0.6) is 0 Å². The van der Waals surface area contributed by atoms with E-state index in [1.807, 2.05) is 13.8 Å². The molecule has 1 amide bonds. The number of ether oxygens (including phenoxy) is 1. The van der Waals surface area contributed by atoms with E-state index in [9.17, 15) is 9.18 Å². The third kappa shape index (κ3) is 3.95. The summed E-state index contributed by atoms with van der Waals surface area (Å²) in [7, 11) is 0. The summed E-state index contributed by atoms with van der Waals surface area (Å²) in [6.45, 7) is 6.88. The van der Waals surface area contributed by atoms with Crippen LogP contribution in [0.25, 0.3) is 11.3 Å². The van der Waals surface area contributed by atoms with Gasteiger partial charge in [0.2, 0.25) is 0 Å². The molecule has 1 aliphatic rings. The van der Waals surface area contributed by atoms with Crippen molar-refractivity contribution in [3.05, 3.63) is 65.2 Å². The van der Waals surface area contributed by atoms with Crippen molar-refractivity contribution >= 4 is 5.91 Å². The van der Waals surface area contributed by atoms with Crippen LogP contribution in [0.2, 0.25) is 0 Å². The lowest BCUT2D eigenvalue weighted by Gasteiger charge is -2.32. The maximum Gasteiger partial charge on any atom is 0.259 e. The molecule has 0 bridgehead atoms. The normalized spacial score (nSPS) is 16.8. The molecule has 1 unspecified atom stereocenters. The standard InChI is InChI=1S/C22H23FN4O3/c1-13(2)21-20(14(3)30-26-21)22(28)27-7-8-29-19(12-27)18-11-24-10-17(25-18)15-5-4-6-16(23)9-15/h4-6,9-11,13,19H,7-8,12H2,1-3H3. The van der Waals surface area contributed by atoms with Crippen LogP contribution in [-0.2, 0) is 4.74 Å². The number of hydrogen-bond acceptors (Lipinski definition) is 6. The molecule has 3 aromatic rings. The second kappa shape index (κ2) is 8.31. The third-order valence-corrected chi connectivity index (χ3v) is 5.11. The first-order valence-corrected chi connectivity index (χ1v) is 9.89. The average Bonchev–Trinajstić information content (AvgIpc) is 3.15. The summed E-state index contributed by atoms with van der Waals surface area (Å²) in [4.78, 5) is 23.8. The van der Waals surface area contributed by atoms with Gasteiger partial charge in [-0.3, -0.25) is 9.78 Å². The van der Waals surface area contributed by atoms with Crippen molar-refractivity contribution in [1.82, 2.24) is 20.0 Å². The van der Waals surface area contributed by atoms with Crippen molar-refractivity contribution in [3.8, 4) is 11.3 Å². The van der Waals surface area contributed by atoms with Gasteiger partial charge >= 0.3 is 0 Å². The highest BCUT2D eigenvalue weighted by Crippen LogP contribution is 2.27. The highest BCUT2D eigenvalue weighted by molar-refractivity contribution is 5.96. The van der Waals surface area contributed by atoms with Gasteiger partial charge in [0.05, 0.1) is 42.6 Å². The minimum absolute atomic E-state index is 0.0760. The summed E-state index contributed by atoms with van der Waals surface area (Å²) in [6, 6.07) is 6.20. The number of amides is 1. The Balaban J connectivity index is 1.57. The molecular weight excluding hydrogens is 387 g/mol. The molecule has 0 N–H and O–H groups in total. The van der Waals surface area contributed by atoms with Crippen LogP contribution in [0.4, 0.5) is 4.39 Å². The molecule has 0 saturated carbocycles. The van der Waals surface area contributed by atoms with E-state index >= 15 is 0 Å². The molecule has 0 radical (unpaired) electrons. The van der Waals surface area contributed by atoms with Crippen LogP contribution in [0.3, 0.4) is 0 Å². The van der Waals surface area contributed by atoms with Crippen LogP contribution >= 0.6 is 0 Å². The molecule has 1 fully saturated rings. The Bertz CT molecular complexity index is 1070. The van der Waals surface area contributed by atoms with Gasteiger partial charge in [-0.05, 0) is 25.0 Å². The average molecular weight is 410 g/mol. The van der Waals surface area contributed by atoms with Gasteiger partial charge in [-0.25, -0.2) is 9.37 Å². The third-order valence-electron chi connectivity index (χ3n) is 5.11. The van der Waals surface area contributed by atoms with E-state index < -0.39 is 6.10 Å². The van der Waals surface area contributed by atoms with Gasteiger partial charge in [-0.15, -0.1) is 0 Å². The molecule has 1 aliphatic heterocycles. The maximum absolute atomic E-state index is 13.6. The van der Waals surface area contributed by atoms with E-state index in [1.165, 1.54) is 12.1 Å². The predicted molar refractivity (Wildman–Crippen MR) is 107 cm³/mol. The summed E-state index contributed by atoms with van der Waals surface area (Å²) < 4.78 is 24.7. The fourth-order valence-corrected chi connectivity index (χ4v) is 3.54. The van der Waals surface area contributed by atoms with Crippen molar-refractivity contribution in [3.63, 3.8) is 0 Å². The van der Waals surface area contributed by atoms with E-state index in [0.29, 0.717) is 53.7 Å². The molecule has 0 spiro atoms. The number of aryl methyl sites for hydroxylation is 1. The molecule has 1 saturated heterocycles. The quantitative estimate of drug-likeness (QED) is 0.649. The van der Waals surface area contributed by atoms with Crippen molar-refractivity contribution in [2.45, 2.75) is 32.8 Å². The number of carbonyl (C=O) groups excluding carboxylic acids is 1. The number of aromatic nitrogens is 3. The number of hydrogen-bond donors (Lipinski definition) is 0. The number of carbonyl (C=O) groups is 1. The van der Waals surface area contributed by atoms with E-state index in [-0.39, 0.29) is 17.6 Å². The summed E-state index contributed by atoms with van der Waals surface area (Å²) in [5.74, 6) is 0.127. The first kappa shape index (κ1) is 20.2. The Labute approximate surface area is 173 Å². The molecule has 1 atom stereocenters.